The van der Waals surface area contributed by atoms with Gasteiger partial charge in [-0.05, 0) is 35.4 Å². The standard InChI is InChI=1S/C23H21ClN2O3/c1-29-20-10-6-5-9-19(20)23(28)25-15-21(27)26-22(16-7-3-2-4-8-16)17-11-13-18(24)14-12-17/h2-14,22H,15H2,1H3,(H,25,28)(H,26,27). The van der Waals surface area contributed by atoms with Crippen LogP contribution in [0.4, 0.5) is 0 Å². The van der Waals surface area contributed by atoms with Crippen LogP contribution in [-0.2, 0) is 4.79 Å². The van der Waals surface area contributed by atoms with Gasteiger partial charge in [0.1, 0.15) is 5.75 Å². The van der Waals surface area contributed by atoms with Gasteiger partial charge in [0.05, 0.1) is 25.3 Å². The largest absolute Gasteiger partial charge is 0.496 e. The number of ether oxygens (including phenoxy) is 1. The predicted molar refractivity (Wildman–Crippen MR) is 113 cm³/mol. The monoisotopic (exact) mass is 408 g/mol. The van der Waals surface area contributed by atoms with Crippen molar-refractivity contribution < 1.29 is 14.3 Å². The lowest BCUT2D eigenvalue weighted by Crippen LogP contribution is -2.39. The molecule has 2 amide bonds. The number of carbonyl (C=O) groups excluding carboxylic acids is 2. The fraction of sp³-hybridized carbons (Fsp3) is 0.130. The van der Waals surface area contributed by atoms with E-state index in [4.69, 9.17) is 16.3 Å². The van der Waals surface area contributed by atoms with E-state index in [0.29, 0.717) is 16.3 Å². The molecule has 1 unspecified atom stereocenters. The fourth-order valence-corrected chi connectivity index (χ4v) is 3.09. The van der Waals surface area contributed by atoms with Crippen molar-refractivity contribution in [2.75, 3.05) is 13.7 Å². The minimum Gasteiger partial charge on any atom is -0.496 e. The van der Waals surface area contributed by atoms with Gasteiger partial charge in [-0.25, -0.2) is 0 Å². The van der Waals surface area contributed by atoms with Crippen LogP contribution in [0, 0.1) is 0 Å². The molecular weight excluding hydrogens is 388 g/mol. The highest BCUT2D eigenvalue weighted by atomic mass is 35.5. The first kappa shape index (κ1) is 20.4. The third-order valence-electron chi connectivity index (χ3n) is 4.40. The molecule has 3 rings (SSSR count). The number of rotatable bonds is 7. The lowest BCUT2D eigenvalue weighted by molar-refractivity contribution is -0.120. The van der Waals surface area contributed by atoms with E-state index in [1.165, 1.54) is 7.11 Å². The Morgan fingerprint density at radius 3 is 2.21 bits per heavy atom. The second-order valence-electron chi connectivity index (χ2n) is 6.35. The first-order chi connectivity index (χ1) is 14.1. The van der Waals surface area contributed by atoms with Crippen LogP contribution in [0.25, 0.3) is 0 Å². The van der Waals surface area contributed by atoms with Gasteiger partial charge in [-0.2, -0.15) is 0 Å². The molecule has 2 N–H and O–H groups in total. The van der Waals surface area contributed by atoms with Gasteiger partial charge in [0.2, 0.25) is 5.91 Å². The van der Waals surface area contributed by atoms with Crippen molar-refractivity contribution in [2.24, 2.45) is 0 Å². The van der Waals surface area contributed by atoms with Crippen LogP contribution in [-0.4, -0.2) is 25.5 Å². The smallest absolute Gasteiger partial charge is 0.255 e. The first-order valence-electron chi connectivity index (χ1n) is 9.09. The van der Waals surface area contributed by atoms with E-state index < -0.39 is 0 Å². The summed E-state index contributed by atoms with van der Waals surface area (Å²) in [5.41, 5.74) is 2.20. The number of amides is 2. The van der Waals surface area contributed by atoms with Crippen molar-refractivity contribution >= 4 is 23.4 Å². The van der Waals surface area contributed by atoms with E-state index in [0.717, 1.165) is 11.1 Å². The minimum atomic E-state index is -0.375. The SMILES string of the molecule is COc1ccccc1C(=O)NCC(=O)NC(c1ccccc1)c1ccc(Cl)cc1. The molecule has 148 valence electrons. The molecule has 0 aliphatic carbocycles. The van der Waals surface area contributed by atoms with E-state index in [2.05, 4.69) is 10.6 Å². The summed E-state index contributed by atoms with van der Waals surface area (Å²) in [6, 6.07) is 23.4. The summed E-state index contributed by atoms with van der Waals surface area (Å²) in [4.78, 5) is 25.0. The Labute approximate surface area is 174 Å². The van der Waals surface area contributed by atoms with Crippen LogP contribution in [0.15, 0.2) is 78.9 Å². The number of para-hydroxylation sites is 1. The highest BCUT2D eigenvalue weighted by molar-refractivity contribution is 6.30. The molecule has 5 nitrogen and oxygen atoms in total. The molecule has 0 bridgehead atoms. The normalized spacial score (nSPS) is 11.4. The molecule has 0 aliphatic heterocycles. The van der Waals surface area contributed by atoms with Gasteiger partial charge < -0.3 is 15.4 Å². The first-order valence-corrected chi connectivity index (χ1v) is 9.47. The molecule has 0 heterocycles. The van der Waals surface area contributed by atoms with E-state index in [1.54, 1.807) is 36.4 Å². The Kier molecular flexibility index (Phi) is 6.87. The Bertz CT molecular complexity index is 975. The number of carbonyl (C=O) groups is 2. The molecule has 0 fully saturated rings. The highest BCUT2D eigenvalue weighted by Crippen LogP contribution is 2.23. The topological polar surface area (TPSA) is 67.4 Å². The maximum Gasteiger partial charge on any atom is 0.255 e. The van der Waals surface area contributed by atoms with Gasteiger partial charge in [-0.15, -0.1) is 0 Å². The zero-order valence-electron chi connectivity index (χ0n) is 15.9. The van der Waals surface area contributed by atoms with Crippen molar-refractivity contribution in [3.05, 3.63) is 101 Å². The van der Waals surface area contributed by atoms with Crippen LogP contribution in [0.2, 0.25) is 5.02 Å². The molecule has 0 radical (unpaired) electrons. The van der Waals surface area contributed by atoms with Crippen LogP contribution < -0.4 is 15.4 Å². The third-order valence-corrected chi connectivity index (χ3v) is 4.65. The highest BCUT2D eigenvalue weighted by Gasteiger charge is 2.18. The van der Waals surface area contributed by atoms with Crippen LogP contribution in [0.3, 0.4) is 0 Å². The molecule has 0 aliphatic rings. The van der Waals surface area contributed by atoms with Gasteiger partial charge in [0.25, 0.3) is 5.91 Å². The van der Waals surface area contributed by atoms with Crippen LogP contribution >= 0.6 is 11.6 Å². The molecule has 0 aromatic heterocycles. The van der Waals surface area contributed by atoms with Gasteiger partial charge in [0, 0.05) is 5.02 Å². The van der Waals surface area contributed by atoms with Gasteiger partial charge >= 0.3 is 0 Å². The number of halogens is 1. The quantitative estimate of drug-likeness (QED) is 0.621. The fourth-order valence-electron chi connectivity index (χ4n) is 2.96. The lowest BCUT2D eigenvalue weighted by atomic mass is 9.98. The molecular formula is C23H21ClN2O3. The van der Waals surface area contributed by atoms with Crippen molar-refractivity contribution in [3.8, 4) is 5.75 Å². The minimum absolute atomic E-state index is 0.159. The number of benzene rings is 3. The third kappa shape index (κ3) is 5.36. The van der Waals surface area contributed by atoms with E-state index >= 15 is 0 Å². The van der Waals surface area contributed by atoms with Crippen molar-refractivity contribution in [1.29, 1.82) is 0 Å². The number of nitrogens with one attached hydrogen (secondary N) is 2. The zero-order chi connectivity index (χ0) is 20.6. The molecule has 29 heavy (non-hydrogen) atoms. The Morgan fingerprint density at radius 2 is 1.52 bits per heavy atom. The van der Waals surface area contributed by atoms with Crippen molar-refractivity contribution in [3.63, 3.8) is 0 Å². The lowest BCUT2D eigenvalue weighted by Gasteiger charge is -2.20. The van der Waals surface area contributed by atoms with Gasteiger partial charge in [-0.3, -0.25) is 9.59 Å². The number of methoxy groups -OCH3 is 1. The second kappa shape index (κ2) is 9.75. The molecule has 6 heteroatoms. The summed E-state index contributed by atoms with van der Waals surface area (Å²) in [7, 11) is 1.50. The van der Waals surface area contributed by atoms with E-state index in [9.17, 15) is 9.59 Å². The molecule has 1 atom stereocenters. The Hall–Kier alpha value is -3.31. The summed E-state index contributed by atoms with van der Waals surface area (Å²) in [6.07, 6.45) is 0. The van der Waals surface area contributed by atoms with Crippen molar-refractivity contribution in [2.45, 2.75) is 6.04 Å². The zero-order valence-corrected chi connectivity index (χ0v) is 16.6. The predicted octanol–water partition coefficient (Wildman–Crippen LogP) is 3.98. The maximum absolute atomic E-state index is 12.6. The molecule has 3 aromatic rings. The second-order valence-corrected chi connectivity index (χ2v) is 6.78. The summed E-state index contributed by atoms with van der Waals surface area (Å²) in [5.74, 6) is -0.230. The maximum atomic E-state index is 12.6. The van der Waals surface area contributed by atoms with Crippen molar-refractivity contribution in [1.82, 2.24) is 10.6 Å². The van der Waals surface area contributed by atoms with E-state index in [-0.39, 0.29) is 24.4 Å². The van der Waals surface area contributed by atoms with Crippen LogP contribution in [0.1, 0.15) is 27.5 Å². The number of hydrogen-bond donors (Lipinski definition) is 2. The Balaban J connectivity index is 1.70. The summed E-state index contributed by atoms with van der Waals surface area (Å²) >= 11 is 5.99. The summed E-state index contributed by atoms with van der Waals surface area (Å²) in [6.45, 7) is -0.159. The Morgan fingerprint density at radius 1 is 0.897 bits per heavy atom. The summed E-state index contributed by atoms with van der Waals surface area (Å²) < 4.78 is 5.19. The van der Waals surface area contributed by atoms with Crippen LogP contribution in [0.5, 0.6) is 5.75 Å². The van der Waals surface area contributed by atoms with Gasteiger partial charge in [0.15, 0.2) is 0 Å². The molecule has 3 aromatic carbocycles. The summed E-state index contributed by atoms with van der Waals surface area (Å²) in [5, 5.41) is 6.24. The molecule has 0 spiro atoms. The van der Waals surface area contributed by atoms with E-state index in [1.807, 2.05) is 42.5 Å². The van der Waals surface area contributed by atoms with Gasteiger partial charge in [-0.1, -0.05) is 66.2 Å². The average molecular weight is 409 g/mol. The molecule has 0 saturated heterocycles. The molecule has 0 saturated carbocycles. The average Bonchev–Trinajstić information content (AvgIpc) is 2.77. The number of hydrogen-bond acceptors (Lipinski definition) is 3.